The minimum Gasteiger partial charge on any atom is -0.408 e. The van der Waals surface area contributed by atoms with Gasteiger partial charge in [-0.3, -0.25) is 14.7 Å². The van der Waals surface area contributed by atoms with Crippen molar-refractivity contribution < 1.29 is 9.21 Å². The molecule has 1 aromatic carbocycles. The molecule has 24 heavy (non-hydrogen) atoms. The Balaban J connectivity index is 1.65. The van der Waals surface area contributed by atoms with Crippen molar-refractivity contribution in [1.29, 1.82) is 0 Å². The van der Waals surface area contributed by atoms with Crippen LogP contribution in [0.15, 0.2) is 33.5 Å². The number of benzene rings is 1. The van der Waals surface area contributed by atoms with E-state index in [0.717, 1.165) is 30.7 Å². The van der Waals surface area contributed by atoms with E-state index in [-0.39, 0.29) is 12.5 Å². The summed E-state index contributed by atoms with van der Waals surface area (Å²) in [5.74, 6) is -0.885. The maximum Gasteiger partial charge on any atom is 0.420 e. The third-order valence-electron chi connectivity index (χ3n) is 3.58. The SMILES string of the molecule is CCCCCc1nnc(NC(=O)Cn2c(=O)oc3ccccc32)s1. The molecule has 0 saturated carbocycles. The second kappa shape index (κ2) is 7.39. The standard InChI is InChI=1S/C16H18N4O3S/c1-2-3-4-9-14-18-19-15(24-14)17-13(21)10-20-11-7-5-6-8-12(11)23-16(20)22/h5-8H,2-4,9-10H2,1H3,(H,17,19,21). The fourth-order valence-corrected chi connectivity index (χ4v) is 3.20. The number of unbranched alkanes of at least 4 members (excludes halogenated alkanes) is 2. The lowest BCUT2D eigenvalue weighted by Gasteiger charge is -2.01. The Morgan fingerprint density at radius 3 is 2.96 bits per heavy atom. The summed E-state index contributed by atoms with van der Waals surface area (Å²) >= 11 is 1.37. The molecule has 1 amide bonds. The van der Waals surface area contributed by atoms with Crippen molar-refractivity contribution in [3.05, 3.63) is 39.8 Å². The molecule has 2 aromatic heterocycles. The van der Waals surface area contributed by atoms with Crippen LogP contribution in [0.5, 0.6) is 0 Å². The zero-order chi connectivity index (χ0) is 16.9. The van der Waals surface area contributed by atoms with E-state index in [1.54, 1.807) is 24.3 Å². The Labute approximate surface area is 142 Å². The molecule has 7 nitrogen and oxygen atoms in total. The number of hydrogen-bond acceptors (Lipinski definition) is 6. The van der Waals surface area contributed by atoms with Crippen LogP contribution in [-0.2, 0) is 17.8 Å². The molecule has 3 rings (SSSR count). The number of carbonyl (C=O) groups is 1. The normalized spacial score (nSPS) is 11.0. The number of para-hydroxylation sites is 2. The predicted octanol–water partition coefficient (Wildman–Crippen LogP) is 2.82. The Hall–Kier alpha value is -2.48. The van der Waals surface area contributed by atoms with Gasteiger partial charge in [0.25, 0.3) is 0 Å². The molecule has 8 heteroatoms. The fraction of sp³-hybridized carbons (Fsp3) is 0.375. The Morgan fingerprint density at radius 1 is 1.29 bits per heavy atom. The van der Waals surface area contributed by atoms with Gasteiger partial charge in [-0.15, -0.1) is 10.2 Å². The van der Waals surface area contributed by atoms with Gasteiger partial charge in [-0.25, -0.2) is 4.79 Å². The van der Waals surface area contributed by atoms with Gasteiger partial charge in [0, 0.05) is 6.42 Å². The Morgan fingerprint density at radius 2 is 2.12 bits per heavy atom. The summed E-state index contributed by atoms with van der Waals surface area (Å²) in [6.07, 6.45) is 4.23. The van der Waals surface area contributed by atoms with Crippen molar-refractivity contribution in [3.63, 3.8) is 0 Å². The maximum atomic E-state index is 12.2. The molecule has 0 aliphatic rings. The lowest BCUT2D eigenvalue weighted by molar-refractivity contribution is -0.116. The first-order valence-electron chi connectivity index (χ1n) is 7.88. The minimum atomic E-state index is -0.552. The number of rotatable bonds is 7. The van der Waals surface area contributed by atoms with Crippen molar-refractivity contribution in [1.82, 2.24) is 14.8 Å². The van der Waals surface area contributed by atoms with Crippen LogP contribution in [0, 0.1) is 0 Å². The quantitative estimate of drug-likeness (QED) is 0.664. The maximum absolute atomic E-state index is 12.2. The molecule has 0 fully saturated rings. The number of nitrogens with one attached hydrogen (secondary N) is 1. The number of hydrogen-bond donors (Lipinski definition) is 1. The fourth-order valence-electron chi connectivity index (χ4n) is 2.40. The number of anilines is 1. The van der Waals surface area contributed by atoms with Crippen molar-refractivity contribution in [2.24, 2.45) is 0 Å². The topological polar surface area (TPSA) is 90.0 Å². The van der Waals surface area contributed by atoms with Crippen molar-refractivity contribution in [3.8, 4) is 0 Å². The van der Waals surface area contributed by atoms with Crippen LogP contribution >= 0.6 is 11.3 Å². The molecule has 0 radical (unpaired) electrons. The first-order valence-corrected chi connectivity index (χ1v) is 8.69. The first-order chi connectivity index (χ1) is 11.7. The summed E-state index contributed by atoms with van der Waals surface area (Å²) in [7, 11) is 0. The predicted molar refractivity (Wildman–Crippen MR) is 92.2 cm³/mol. The van der Waals surface area contributed by atoms with Gasteiger partial charge >= 0.3 is 5.76 Å². The second-order valence-corrected chi connectivity index (χ2v) is 6.49. The van der Waals surface area contributed by atoms with Gasteiger partial charge in [0.2, 0.25) is 11.0 Å². The Bertz CT molecular complexity index is 896. The van der Waals surface area contributed by atoms with Gasteiger partial charge in [0.05, 0.1) is 5.52 Å². The highest BCUT2D eigenvalue weighted by atomic mass is 32.1. The summed E-state index contributed by atoms with van der Waals surface area (Å²) in [5, 5.41) is 12.1. The lowest BCUT2D eigenvalue weighted by Crippen LogP contribution is -2.24. The monoisotopic (exact) mass is 346 g/mol. The summed E-state index contributed by atoms with van der Waals surface area (Å²) in [6.45, 7) is 2.02. The zero-order valence-corrected chi connectivity index (χ0v) is 14.1. The number of oxazole rings is 1. The lowest BCUT2D eigenvalue weighted by atomic mass is 10.2. The average Bonchev–Trinajstić information content (AvgIpc) is 3.13. The zero-order valence-electron chi connectivity index (χ0n) is 13.3. The highest BCUT2D eigenvalue weighted by Gasteiger charge is 2.14. The van der Waals surface area contributed by atoms with E-state index < -0.39 is 5.76 Å². The summed E-state index contributed by atoms with van der Waals surface area (Å²) in [6, 6.07) is 7.00. The van der Waals surface area contributed by atoms with E-state index in [1.165, 1.54) is 15.9 Å². The van der Waals surface area contributed by atoms with E-state index in [0.29, 0.717) is 16.2 Å². The van der Waals surface area contributed by atoms with Gasteiger partial charge in [0.1, 0.15) is 11.6 Å². The molecule has 0 bridgehead atoms. The van der Waals surface area contributed by atoms with Crippen LogP contribution in [0.2, 0.25) is 0 Å². The van der Waals surface area contributed by atoms with Gasteiger partial charge in [-0.1, -0.05) is 43.2 Å². The molecule has 3 aromatic rings. The molecular weight excluding hydrogens is 328 g/mol. The van der Waals surface area contributed by atoms with Crippen molar-refractivity contribution in [2.75, 3.05) is 5.32 Å². The molecule has 0 atom stereocenters. The molecule has 0 aliphatic heterocycles. The number of carbonyl (C=O) groups excluding carboxylic acids is 1. The molecular formula is C16H18N4O3S. The van der Waals surface area contributed by atoms with Gasteiger partial charge in [-0.05, 0) is 18.6 Å². The third-order valence-corrected chi connectivity index (χ3v) is 4.48. The average molecular weight is 346 g/mol. The number of aromatic nitrogens is 3. The van der Waals surface area contributed by atoms with E-state index in [9.17, 15) is 9.59 Å². The summed E-state index contributed by atoms with van der Waals surface area (Å²) in [4.78, 5) is 24.0. The van der Waals surface area contributed by atoms with E-state index in [4.69, 9.17) is 4.42 Å². The molecule has 126 valence electrons. The van der Waals surface area contributed by atoms with E-state index in [1.807, 2.05) is 0 Å². The number of fused-ring (bicyclic) bond motifs is 1. The van der Waals surface area contributed by atoms with Crippen molar-refractivity contribution >= 4 is 33.5 Å². The van der Waals surface area contributed by atoms with Crippen LogP contribution in [0.1, 0.15) is 31.2 Å². The number of amides is 1. The van der Waals surface area contributed by atoms with Crippen LogP contribution < -0.4 is 11.1 Å². The first kappa shape index (κ1) is 16.4. The molecule has 0 spiro atoms. The van der Waals surface area contributed by atoms with Crippen LogP contribution in [0.4, 0.5) is 5.13 Å². The summed E-state index contributed by atoms with van der Waals surface area (Å²) in [5.41, 5.74) is 1.06. The summed E-state index contributed by atoms with van der Waals surface area (Å²) < 4.78 is 6.41. The van der Waals surface area contributed by atoms with Crippen LogP contribution in [0.3, 0.4) is 0 Å². The third kappa shape index (κ3) is 3.70. The largest absolute Gasteiger partial charge is 0.420 e. The van der Waals surface area contributed by atoms with Crippen molar-refractivity contribution in [2.45, 2.75) is 39.2 Å². The van der Waals surface area contributed by atoms with Crippen LogP contribution in [0.25, 0.3) is 11.1 Å². The Kier molecular flexibility index (Phi) is 5.05. The molecule has 2 heterocycles. The molecule has 1 N–H and O–H groups in total. The number of aryl methyl sites for hydroxylation is 1. The second-order valence-electron chi connectivity index (χ2n) is 5.43. The smallest absolute Gasteiger partial charge is 0.408 e. The molecule has 0 unspecified atom stereocenters. The highest BCUT2D eigenvalue weighted by molar-refractivity contribution is 7.15. The molecule has 0 saturated heterocycles. The van der Waals surface area contributed by atoms with Gasteiger partial charge in [0.15, 0.2) is 5.58 Å². The van der Waals surface area contributed by atoms with Gasteiger partial charge in [-0.2, -0.15) is 0 Å². The van der Waals surface area contributed by atoms with E-state index in [2.05, 4.69) is 22.4 Å². The minimum absolute atomic E-state index is 0.124. The van der Waals surface area contributed by atoms with Gasteiger partial charge < -0.3 is 4.42 Å². The number of nitrogens with zero attached hydrogens (tertiary/aromatic N) is 3. The molecule has 0 aliphatic carbocycles. The highest BCUT2D eigenvalue weighted by Crippen LogP contribution is 2.18. The van der Waals surface area contributed by atoms with Crippen LogP contribution in [-0.4, -0.2) is 20.7 Å². The van der Waals surface area contributed by atoms with E-state index >= 15 is 0 Å².